The highest BCUT2D eigenvalue weighted by molar-refractivity contribution is 5.33. The number of hydrogen-bond donors (Lipinski definition) is 0. The van der Waals surface area contributed by atoms with Crippen LogP contribution in [0.25, 0.3) is 0 Å². The SMILES string of the molecule is Cc1cnc(N2CC(C)OC(c3ccc(F)cc3)C2)nc1. The van der Waals surface area contributed by atoms with Gasteiger partial charge in [0, 0.05) is 18.9 Å². The molecule has 1 aliphatic heterocycles. The topological polar surface area (TPSA) is 38.2 Å². The molecule has 0 saturated carbocycles. The Bertz CT molecular complexity index is 546. The predicted octanol–water partition coefficient (Wildman–Crippen LogP) is 2.89. The first kappa shape index (κ1) is 13.9. The first-order chi connectivity index (χ1) is 10.1. The molecule has 1 saturated heterocycles. The molecule has 4 nitrogen and oxygen atoms in total. The Kier molecular flexibility index (Phi) is 3.84. The molecule has 1 fully saturated rings. The molecule has 0 amide bonds. The lowest BCUT2D eigenvalue weighted by molar-refractivity contribution is -0.0178. The second-order valence-electron chi connectivity index (χ2n) is 5.45. The van der Waals surface area contributed by atoms with Crippen molar-refractivity contribution in [2.24, 2.45) is 0 Å². The first-order valence-electron chi connectivity index (χ1n) is 7.06. The van der Waals surface area contributed by atoms with Crippen LogP contribution in [0.15, 0.2) is 36.7 Å². The van der Waals surface area contributed by atoms with Gasteiger partial charge in [-0.2, -0.15) is 0 Å². The third-order valence-electron chi connectivity index (χ3n) is 3.55. The summed E-state index contributed by atoms with van der Waals surface area (Å²) < 4.78 is 19.0. The van der Waals surface area contributed by atoms with Crippen LogP contribution in [0.3, 0.4) is 0 Å². The zero-order valence-electron chi connectivity index (χ0n) is 12.2. The number of halogens is 1. The molecule has 110 valence electrons. The van der Waals surface area contributed by atoms with Gasteiger partial charge >= 0.3 is 0 Å². The molecule has 0 aliphatic carbocycles. The average molecular weight is 287 g/mol. The maximum Gasteiger partial charge on any atom is 0.225 e. The van der Waals surface area contributed by atoms with E-state index in [-0.39, 0.29) is 18.0 Å². The van der Waals surface area contributed by atoms with Crippen molar-refractivity contribution >= 4 is 5.95 Å². The summed E-state index contributed by atoms with van der Waals surface area (Å²) in [6.45, 7) is 5.41. The van der Waals surface area contributed by atoms with Crippen molar-refractivity contribution in [1.29, 1.82) is 0 Å². The summed E-state index contributed by atoms with van der Waals surface area (Å²) in [5.74, 6) is 0.476. The molecular formula is C16H18FN3O. The van der Waals surface area contributed by atoms with E-state index in [0.717, 1.165) is 17.7 Å². The molecule has 1 aromatic carbocycles. The molecule has 2 atom stereocenters. The molecule has 0 N–H and O–H groups in total. The number of morpholine rings is 1. The lowest BCUT2D eigenvalue weighted by Crippen LogP contribution is -2.43. The zero-order valence-corrected chi connectivity index (χ0v) is 12.2. The van der Waals surface area contributed by atoms with E-state index in [4.69, 9.17) is 4.74 Å². The Balaban J connectivity index is 1.81. The van der Waals surface area contributed by atoms with Crippen LogP contribution in [0.2, 0.25) is 0 Å². The maximum atomic E-state index is 13.0. The molecule has 0 spiro atoms. The molecule has 2 unspecified atom stereocenters. The molecule has 2 aromatic rings. The molecule has 5 heteroatoms. The number of benzene rings is 1. The van der Waals surface area contributed by atoms with Gasteiger partial charge in [-0.3, -0.25) is 0 Å². The zero-order chi connectivity index (χ0) is 14.8. The van der Waals surface area contributed by atoms with Crippen molar-refractivity contribution in [1.82, 2.24) is 9.97 Å². The number of ether oxygens (including phenoxy) is 1. The van der Waals surface area contributed by atoms with Crippen molar-refractivity contribution in [3.8, 4) is 0 Å². The van der Waals surface area contributed by atoms with Gasteiger partial charge in [0.05, 0.1) is 12.6 Å². The van der Waals surface area contributed by atoms with Crippen LogP contribution in [0.4, 0.5) is 10.3 Å². The average Bonchev–Trinajstić information content (AvgIpc) is 2.48. The van der Waals surface area contributed by atoms with Crippen molar-refractivity contribution in [2.45, 2.75) is 26.1 Å². The first-order valence-corrected chi connectivity index (χ1v) is 7.06. The van der Waals surface area contributed by atoms with Crippen LogP contribution in [0.5, 0.6) is 0 Å². The van der Waals surface area contributed by atoms with Gasteiger partial charge in [0.15, 0.2) is 0 Å². The molecular weight excluding hydrogens is 269 g/mol. The normalized spacial score (nSPS) is 22.3. The lowest BCUT2D eigenvalue weighted by Gasteiger charge is -2.37. The Morgan fingerprint density at radius 3 is 2.48 bits per heavy atom. The fourth-order valence-corrected chi connectivity index (χ4v) is 2.53. The van der Waals surface area contributed by atoms with Crippen molar-refractivity contribution in [3.63, 3.8) is 0 Å². The van der Waals surface area contributed by atoms with E-state index < -0.39 is 0 Å². The van der Waals surface area contributed by atoms with Gasteiger partial charge in [0.1, 0.15) is 11.9 Å². The minimum atomic E-state index is -0.235. The maximum absolute atomic E-state index is 13.0. The highest BCUT2D eigenvalue weighted by Gasteiger charge is 2.27. The van der Waals surface area contributed by atoms with E-state index in [1.807, 2.05) is 26.2 Å². The molecule has 2 heterocycles. The third-order valence-corrected chi connectivity index (χ3v) is 3.55. The monoisotopic (exact) mass is 287 g/mol. The fourth-order valence-electron chi connectivity index (χ4n) is 2.53. The Morgan fingerprint density at radius 2 is 1.81 bits per heavy atom. The minimum Gasteiger partial charge on any atom is -0.367 e. The summed E-state index contributed by atoms with van der Waals surface area (Å²) in [6.07, 6.45) is 3.60. The Hall–Kier alpha value is -2.01. The lowest BCUT2D eigenvalue weighted by atomic mass is 10.1. The fraction of sp³-hybridized carbons (Fsp3) is 0.375. The smallest absolute Gasteiger partial charge is 0.225 e. The second-order valence-corrected chi connectivity index (χ2v) is 5.45. The summed E-state index contributed by atoms with van der Waals surface area (Å²) in [5, 5.41) is 0. The highest BCUT2D eigenvalue weighted by atomic mass is 19.1. The van der Waals surface area contributed by atoms with Crippen LogP contribution >= 0.6 is 0 Å². The Morgan fingerprint density at radius 1 is 1.14 bits per heavy atom. The summed E-state index contributed by atoms with van der Waals surface area (Å²) in [4.78, 5) is 10.9. The summed E-state index contributed by atoms with van der Waals surface area (Å²) >= 11 is 0. The van der Waals surface area contributed by atoms with Crippen molar-refractivity contribution in [2.75, 3.05) is 18.0 Å². The molecule has 0 radical (unpaired) electrons. The van der Waals surface area contributed by atoms with E-state index >= 15 is 0 Å². The van der Waals surface area contributed by atoms with E-state index in [1.54, 1.807) is 12.1 Å². The van der Waals surface area contributed by atoms with E-state index in [0.29, 0.717) is 12.5 Å². The number of rotatable bonds is 2. The van der Waals surface area contributed by atoms with Crippen LogP contribution < -0.4 is 4.90 Å². The van der Waals surface area contributed by atoms with E-state index in [1.165, 1.54) is 12.1 Å². The predicted molar refractivity (Wildman–Crippen MR) is 78.7 cm³/mol. The van der Waals surface area contributed by atoms with Gasteiger partial charge in [-0.1, -0.05) is 12.1 Å². The van der Waals surface area contributed by atoms with Gasteiger partial charge in [-0.15, -0.1) is 0 Å². The Labute approximate surface area is 123 Å². The standard InChI is InChI=1S/C16H18FN3O/c1-11-7-18-16(19-8-11)20-9-12(2)21-15(10-20)13-3-5-14(17)6-4-13/h3-8,12,15H,9-10H2,1-2H3. The van der Waals surface area contributed by atoms with Gasteiger partial charge in [0.25, 0.3) is 0 Å². The van der Waals surface area contributed by atoms with E-state index in [9.17, 15) is 4.39 Å². The molecule has 1 aliphatic rings. The number of aromatic nitrogens is 2. The number of nitrogens with zero attached hydrogens (tertiary/aromatic N) is 3. The third kappa shape index (κ3) is 3.19. The largest absolute Gasteiger partial charge is 0.367 e. The number of anilines is 1. The summed E-state index contributed by atoms with van der Waals surface area (Å²) in [6, 6.07) is 6.47. The van der Waals surface area contributed by atoms with E-state index in [2.05, 4.69) is 14.9 Å². The van der Waals surface area contributed by atoms with Gasteiger partial charge in [0.2, 0.25) is 5.95 Å². The van der Waals surface area contributed by atoms with Gasteiger partial charge < -0.3 is 9.64 Å². The quantitative estimate of drug-likeness (QED) is 0.851. The van der Waals surface area contributed by atoms with Crippen LogP contribution in [0.1, 0.15) is 24.2 Å². The van der Waals surface area contributed by atoms with Crippen LogP contribution in [-0.4, -0.2) is 29.2 Å². The molecule has 1 aromatic heterocycles. The van der Waals surface area contributed by atoms with Crippen molar-refractivity contribution in [3.05, 3.63) is 53.6 Å². The van der Waals surface area contributed by atoms with Gasteiger partial charge in [-0.25, -0.2) is 14.4 Å². The molecule has 0 bridgehead atoms. The highest BCUT2D eigenvalue weighted by Crippen LogP contribution is 2.27. The number of aryl methyl sites for hydroxylation is 1. The molecule has 3 rings (SSSR count). The molecule has 21 heavy (non-hydrogen) atoms. The summed E-state index contributed by atoms with van der Waals surface area (Å²) in [7, 11) is 0. The van der Waals surface area contributed by atoms with Crippen molar-refractivity contribution < 1.29 is 9.13 Å². The van der Waals surface area contributed by atoms with Crippen LogP contribution in [-0.2, 0) is 4.74 Å². The summed E-state index contributed by atoms with van der Waals surface area (Å²) in [5.41, 5.74) is 2.01. The second kappa shape index (κ2) is 5.77. The number of hydrogen-bond acceptors (Lipinski definition) is 4. The van der Waals surface area contributed by atoms with Gasteiger partial charge in [-0.05, 0) is 37.1 Å². The van der Waals surface area contributed by atoms with Crippen LogP contribution in [0, 0.1) is 12.7 Å². The minimum absolute atomic E-state index is 0.0682.